The van der Waals surface area contributed by atoms with Crippen LogP contribution in [0.4, 0.5) is 0 Å². The fourth-order valence-corrected chi connectivity index (χ4v) is 3.81. The van der Waals surface area contributed by atoms with Crippen LogP contribution in [0, 0.1) is 12.0 Å². The van der Waals surface area contributed by atoms with E-state index in [9.17, 15) is 13.2 Å². The molecule has 0 saturated carbocycles. The average molecular weight is 405 g/mol. The molecule has 0 aliphatic carbocycles. The Labute approximate surface area is 170 Å². The third-order valence-corrected chi connectivity index (χ3v) is 5.80. The molecule has 0 N–H and O–H groups in total. The van der Waals surface area contributed by atoms with Crippen LogP contribution in [0.3, 0.4) is 0 Å². The molecule has 0 saturated heterocycles. The van der Waals surface area contributed by atoms with Crippen LogP contribution in [0.15, 0.2) is 89.8 Å². The van der Waals surface area contributed by atoms with Gasteiger partial charge in [-0.2, -0.15) is 0 Å². The summed E-state index contributed by atoms with van der Waals surface area (Å²) in [4.78, 5) is 11.6. The van der Waals surface area contributed by atoms with Crippen molar-refractivity contribution >= 4 is 16.0 Å². The maximum atomic E-state index is 13.2. The van der Waals surface area contributed by atoms with Gasteiger partial charge in [0.2, 0.25) is 0 Å². The lowest BCUT2D eigenvalue weighted by Crippen LogP contribution is -2.26. The van der Waals surface area contributed by atoms with Gasteiger partial charge in [0.05, 0.1) is 24.1 Å². The van der Waals surface area contributed by atoms with Crippen molar-refractivity contribution < 1.29 is 17.9 Å². The van der Waals surface area contributed by atoms with Gasteiger partial charge >= 0.3 is 5.97 Å². The second-order valence-electron chi connectivity index (χ2n) is 6.12. The maximum Gasteiger partial charge on any atom is 0.337 e. The number of methoxy groups -OCH3 is 1. The Balaban J connectivity index is 1.97. The number of hydrogen-bond acceptors (Lipinski definition) is 4. The lowest BCUT2D eigenvalue weighted by Gasteiger charge is -2.18. The first kappa shape index (κ1) is 20.2. The van der Waals surface area contributed by atoms with Gasteiger partial charge in [0, 0.05) is 11.6 Å². The summed E-state index contributed by atoms with van der Waals surface area (Å²) in [5, 5.41) is 0. The first-order chi connectivity index (χ1) is 14.0. The van der Waals surface area contributed by atoms with Crippen molar-refractivity contribution in [1.29, 1.82) is 0 Å². The molecule has 0 aliphatic heterocycles. The zero-order valence-electron chi connectivity index (χ0n) is 15.8. The number of rotatable bonds is 5. The molecule has 6 heteroatoms. The number of sulfonamides is 1. The molecule has 0 amide bonds. The maximum absolute atomic E-state index is 13.2. The summed E-state index contributed by atoms with van der Waals surface area (Å²) in [7, 11) is -2.64. The summed E-state index contributed by atoms with van der Waals surface area (Å²) >= 11 is 0. The van der Waals surface area contributed by atoms with E-state index in [1.54, 1.807) is 0 Å². The molecule has 0 radical (unpaired) electrons. The highest BCUT2D eigenvalue weighted by molar-refractivity contribution is 7.89. The monoisotopic (exact) mass is 405 g/mol. The molecule has 0 unspecified atom stereocenters. The van der Waals surface area contributed by atoms with Crippen molar-refractivity contribution in [2.24, 2.45) is 0 Å². The van der Waals surface area contributed by atoms with Gasteiger partial charge < -0.3 is 4.74 Å². The van der Waals surface area contributed by atoms with Crippen molar-refractivity contribution in [3.63, 3.8) is 0 Å². The number of benzene rings is 3. The molecule has 3 aromatic rings. The van der Waals surface area contributed by atoms with Crippen LogP contribution < -0.4 is 0 Å². The van der Waals surface area contributed by atoms with Crippen LogP contribution in [-0.4, -0.2) is 25.8 Å². The molecular weight excluding hydrogens is 386 g/mol. The van der Waals surface area contributed by atoms with E-state index >= 15 is 0 Å². The molecule has 0 bridgehead atoms. The lowest BCUT2D eigenvalue weighted by atomic mass is 10.2. The van der Waals surface area contributed by atoms with Crippen LogP contribution >= 0.6 is 0 Å². The quantitative estimate of drug-likeness (QED) is 0.369. The normalized spacial score (nSPS) is 10.5. The molecule has 0 aromatic heterocycles. The molecule has 29 heavy (non-hydrogen) atoms. The Morgan fingerprint density at radius 3 is 2.07 bits per heavy atom. The number of nitrogens with zero attached hydrogens (tertiary/aromatic N) is 1. The molecular formula is C23H19NO4S. The standard InChI is InChI=1S/C23H19NO4S/c1-28-23(25)21-12-14-22(15-13-21)29(26,27)24(18-20-10-6-3-7-11-20)17-16-19-8-4-2-5-9-19/h2-15H,18H2,1H3. The highest BCUT2D eigenvalue weighted by Gasteiger charge is 2.23. The lowest BCUT2D eigenvalue weighted by molar-refractivity contribution is 0.0600. The minimum atomic E-state index is -3.91. The van der Waals surface area contributed by atoms with Crippen LogP contribution in [0.2, 0.25) is 0 Å². The smallest absolute Gasteiger partial charge is 0.337 e. The first-order valence-electron chi connectivity index (χ1n) is 8.82. The van der Waals surface area contributed by atoms with Crippen LogP contribution in [-0.2, 0) is 21.3 Å². The predicted octanol–water partition coefficient (Wildman–Crippen LogP) is 3.67. The molecule has 0 atom stereocenters. The first-order valence-corrected chi connectivity index (χ1v) is 10.3. The third-order valence-electron chi connectivity index (χ3n) is 4.13. The van der Waals surface area contributed by atoms with E-state index in [1.165, 1.54) is 31.4 Å². The van der Waals surface area contributed by atoms with E-state index in [-0.39, 0.29) is 17.0 Å². The van der Waals surface area contributed by atoms with Gasteiger partial charge in [-0.3, -0.25) is 0 Å². The SMILES string of the molecule is COC(=O)c1ccc(S(=O)(=O)N(C#Cc2ccccc2)Cc2ccccc2)cc1. The van der Waals surface area contributed by atoms with Crippen molar-refractivity contribution in [3.05, 3.63) is 102 Å². The molecule has 0 spiro atoms. The summed E-state index contributed by atoms with van der Waals surface area (Å²) < 4.78 is 32.2. The molecule has 146 valence electrons. The van der Waals surface area contributed by atoms with Crippen molar-refractivity contribution in [3.8, 4) is 12.0 Å². The number of ether oxygens (including phenoxy) is 1. The van der Waals surface area contributed by atoms with Gasteiger partial charge in [-0.05, 0) is 47.9 Å². The summed E-state index contributed by atoms with van der Waals surface area (Å²) in [6.45, 7) is 0.0990. The summed E-state index contributed by atoms with van der Waals surface area (Å²) in [6, 6.07) is 26.8. The van der Waals surface area contributed by atoms with Gasteiger partial charge in [0.25, 0.3) is 10.0 Å². The number of hydrogen-bond donors (Lipinski definition) is 0. The number of carbonyl (C=O) groups is 1. The molecule has 3 aromatic carbocycles. The van der Waals surface area contributed by atoms with Gasteiger partial charge in [-0.15, -0.1) is 0 Å². The molecule has 0 fully saturated rings. The largest absolute Gasteiger partial charge is 0.465 e. The van der Waals surface area contributed by atoms with Gasteiger partial charge in [0.15, 0.2) is 0 Å². The Morgan fingerprint density at radius 1 is 0.897 bits per heavy atom. The zero-order valence-corrected chi connectivity index (χ0v) is 16.6. The average Bonchev–Trinajstić information content (AvgIpc) is 2.77. The molecule has 0 aliphatic rings. The van der Waals surface area contributed by atoms with Crippen molar-refractivity contribution in [2.45, 2.75) is 11.4 Å². The Kier molecular flexibility index (Phi) is 6.32. The van der Waals surface area contributed by atoms with Crippen LogP contribution in [0.25, 0.3) is 0 Å². The topological polar surface area (TPSA) is 63.7 Å². The summed E-state index contributed by atoms with van der Waals surface area (Å²) in [6.07, 6.45) is 0. The second kappa shape index (κ2) is 9.09. The fraction of sp³-hybridized carbons (Fsp3) is 0.0870. The Hall–Kier alpha value is -3.56. The van der Waals surface area contributed by atoms with E-state index in [4.69, 9.17) is 0 Å². The predicted molar refractivity (Wildman–Crippen MR) is 110 cm³/mol. The van der Waals surface area contributed by atoms with Crippen LogP contribution in [0.1, 0.15) is 21.5 Å². The Morgan fingerprint density at radius 2 is 1.48 bits per heavy atom. The number of carbonyl (C=O) groups excluding carboxylic acids is 1. The van der Waals surface area contributed by atoms with Crippen LogP contribution in [0.5, 0.6) is 0 Å². The molecule has 5 nitrogen and oxygen atoms in total. The number of esters is 1. The van der Waals surface area contributed by atoms with Gasteiger partial charge in [-0.1, -0.05) is 48.5 Å². The highest BCUT2D eigenvalue weighted by atomic mass is 32.2. The zero-order chi connectivity index (χ0) is 20.7. The Bertz CT molecular complexity index is 1130. The summed E-state index contributed by atoms with van der Waals surface area (Å²) in [5.41, 5.74) is 1.79. The van der Waals surface area contributed by atoms with E-state index in [0.717, 1.165) is 9.87 Å². The molecule has 3 rings (SSSR count). The van der Waals surface area contributed by atoms with Gasteiger partial charge in [0.1, 0.15) is 0 Å². The third kappa shape index (κ3) is 5.03. The fourth-order valence-electron chi connectivity index (χ4n) is 2.59. The van der Waals surface area contributed by atoms with E-state index in [1.807, 2.05) is 60.7 Å². The van der Waals surface area contributed by atoms with Crippen molar-refractivity contribution in [1.82, 2.24) is 4.31 Å². The van der Waals surface area contributed by atoms with E-state index < -0.39 is 16.0 Å². The minimum Gasteiger partial charge on any atom is -0.465 e. The van der Waals surface area contributed by atoms with E-state index in [2.05, 4.69) is 16.7 Å². The minimum absolute atomic E-state index is 0.0449. The second-order valence-corrected chi connectivity index (χ2v) is 7.98. The van der Waals surface area contributed by atoms with E-state index in [0.29, 0.717) is 5.56 Å². The summed E-state index contributed by atoms with van der Waals surface area (Å²) in [5.74, 6) is 2.37. The highest BCUT2D eigenvalue weighted by Crippen LogP contribution is 2.19. The van der Waals surface area contributed by atoms with Crippen molar-refractivity contribution in [2.75, 3.05) is 7.11 Å². The molecule has 0 heterocycles. The van der Waals surface area contributed by atoms with Gasteiger partial charge in [-0.25, -0.2) is 17.5 Å².